The summed E-state index contributed by atoms with van der Waals surface area (Å²) in [6, 6.07) is 11.5. The Kier molecular flexibility index (Phi) is 5.31. The highest BCUT2D eigenvalue weighted by Gasteiger charge is 2.37. The first kappa shape index (κ1) is 17.1. The van der Waals surface area contributed by atoms with Crippen LogP contribution in [0.5, 0.6) is 0 Å². The molecule has 2 unspecified atom stereocenters. The molecule has 0 spiro atoms. The molecule has 2 atom stereocenters. The molecule has 2 aromatic rings. The van der Waals surface area contributed by atoms with Gasteiger partial charge in [-0.1, -0.05) is 47.1 Å². The van der Waals surface area contributed by atoms with E-state index >= 15 is 0 Å². The standard InChI is InChI=1S/C19H21BrN2O2/c1-2-13-9-10-16(21-12-13)18(14-6-3-4-7-15(14)20)22-11-5-8-17(22)19(23)24/h3-4,6-7,9-10,12,17-18H,2,5,8,11H2,1H3,(H,23,24). The summed E-state index contributed by atoms with van der Waals surface area (Å²) in [5.41, 5.74) is 3.13. The van der Waals surface area contributed by atoms with Crippen molar-refractivity contribution in [3.8, 4) is 0 Å². The Morgan fingerprint density at radius 2 is 2.17 bits per heavy atom. The van der Waals surface area contributed by atoms with Gasteiger partial charge in [0.1, 0.15) is 6.04 Å². The molecule has 2 heterocycles. The topological polar surface area (TPSA) is 53.4 Å². The van der Waals surface area contributed by atoms with Gasteiger partial charge < -0.3 is 5.11 Å². The molecular formula is C19H21BrN2O2. The van der Waals surface area contributed by atoms with Crippen molar-refractivity contribution in [3.05, 3.63) is 63.9 Å². The molecule has 0 amide bonds. The number of benzene rings is 1. The van der Waals surface area contributed by atoms with E-state index in [0.29, 0.717) is 6.42 Å². The molecule has 0 bridgehead atoms. The highest BCUT2D eigenvalue weighted by Crippen LogP contribution is 2.37. The van der Waals surface area contributed by atoms with E-state index < -0.39 is 12.0 Å². The molecule has 5 heteroatoms. The number of halogens is 1. The van der Waals surface area contributed by atoms with Crippen molar-refractivity contribution < 1.29 is 9.90 Å². The first-order chi connectivity index (χ1) is 11.6. The number of aliphatic carboxylic acids is 1. The third-order valence-electron chi connectivity index (χ3n) is 4.65. The number of carboxylic acids is 1. The van der Waals surface area contributed by atoms with Crippen molar-refractivity contribution in [2.75, 3.05) is 6.54 Å². The Balaban J connectivity index is 2.06. The maximum absolute atomic E-state index is 11.7. The predicted octanol–water partition coefficient (Wildman–Crippen LogP) is 4.04. The fraction of sp³-hybridized carbons (Fsp3) is 0.368. The van der Waals surface area contributed by atoms with E-state index in [-0.39, 0.29) is 6.04 Å². The fourth-order valence-corrected chi connectivity index (χ4v) is 3.88. The van der Waals surface area contributed by atoms with Gasteiger partial charge in [0, 0.05) is 17.2 Å². The summed E-state index contributed by atoms with van der Waals surface area (Å²) in [5.74, 6) is -0.755. The molecule has 4 nitrogen and oxygen atoms in total. The maximum Gasteiger partial charge on any atom is 0.320 e. The van der Waals surface area contributed by atoms with Crippen LogP contribution in [-0.2, 0) is 11.2 Å². The molecule has 1 aromatic heterocycles. The molecule has 1 aromatic carbocycles. The normalized spacial score (nSPS) is 19.3. The third-order valence-corrected chi connectivity index (χ3v) is 5.37. The summed E-state index contributed by atoms with van der Waals surface area (Å²) >= 11 is 3.62. The highest BCUT2D eigenvalue weighted by atomic mass is 79.9. The van der Waals surface area contributed by atoms with Gasteiger partial charge in [0.2, 0.25) is 0 Å². The lowest BCUT2D eigenvalue weighted by Crippen LogP contribution is -2.39. The maximum atomic E-state index is 11.7. The number of nitrogens with zero attached hydrogens (tertiary/aromatic N) is 2. The Hall–Kier alpha value is -1.72. The van der Waals surface area contributed by atoms with Gasteiger partial charge in [0.15, 0.2) is 0 Å². The molecule has 1 aliphatic heterocycles. The van der Waals surface area contributed by atoms with E-state index in [1.165, 1.54) is 5.56 Å². The van der Waals surface area contributed by atoms with Crippen LogP contribution in [0.2, 0.25) is 0 Å². The van der Waals surface area contributed by atoms with Crippen LogP contribution in [0.15, 0.2) is 47.1 Å². The molecule has 1 fully saturated rings. The minimum atomic E-state index is -0.755. The zero-order chi connectivity index (χ0) is 17.1. The lowest BCUT2D eigenvalue weighted by molar-refractivity contribution is -0.142. The van der Waals surface area contributed by atoms with Crippen molar-refractivity contribution in [2.24, 2.45) is 0 Å². The smallest absolute Gasteiger partial charge is 0.320 e. The van der Waals surface area contributed by atoms with Crippen molar-refractivity contribution in [3.63, 3.8) is 0 Å². The van der Waals surface area contributed by atoms with E-state index in [0.717, 1.165) is 35.1 Å². The van der Waals surface area contributed by atoms with Gasteiger partial charge in [0.05, 0.1) is 11.7 Å². The molecule has 0 aliphatic carbocycles. The van der Waals surface area contributed by atoms with Gasteiger partial charge in [-0.25, -0.2) is 0 Å². The summed E-state index contributed by atoms with van der Waals surface area (Å²) in [4.78, 5) is 18.4. The SMILES string of the molecule is CCc1ccc(C(c2ccccc2Br)N2CCCC2C(=O)O)nc1. The fourth-order valence-electron chi connectivity index (χ4n) is 3.37. The summed E-state index contributed by atoms with van der Waals surface area (Å²) in [5, 5.41) is 9.60. The number of hydrogen-bond donors (Lipinski definition) is 1. The van der Waals surface area contributed by atoms with Crippen molar-refractivity contribution in [1.29, 1.82) is 0 Å². The number of rotatable bonds is 5. The van der Waals surface area contributed by atoms with Crippen molar-refractivity contribution in [1.82, 2.24) is 9.88 Å². The minimum Gasteiger partial charge on any atom is -0.480 e. The average Bonchev–Trinajstić information content (AvgIpc) is 3.07. The second kappa shape index (κ2) is 7.45. The largest absolute Gasteiger partial charge is 0.480 e. The van der Waals surface area contributed by atoms with Crippen LogP contribution >= 0.6 is 15.9 Å². The van der Waals surface area contributed by atoms with E-state index in [1.54, 1.807) is 0 Å². The molecule has 0 radical (unpaired) electrons. The minimum absolute atomic E-state index is 0.157. The number of hydrogen-bond acceptors (Lipinski definition) is 3. The van der Waals surface area contributed by atoms with E-state index in [4.69, 9.17) is 0 Å². The zero-order valence-corrected chi connectivity index (χ0v) is 15.2. The summed E-state index contributed by atoms with van der Waals surface area (Å²) < 4.78 is 0.979. The quantitative estimate of drug-likeness (QED) is 0.839. The molecule has 24 heavy (non-hydrogen) atoms. The monoisotopic (exact) mass is 388 g/mol. The first-order valence-electron chi connectivity index (χ1n) is 8.29. The highest BCUT2D eigenvalue weighted by molar-refractivity contribution is 9.10. The number of aryl methyl sites for hydroxylation is 1. The van der Waals surface area contributed by atoms with Gasteiger partial charge in [-0.05, 0) is 42.5 Å². The lowest BCUT2D eigenvalue weighted by atomic mass is 9.99. The molecule has 1 N–H and O–H groups in total. The number of carbonyl (C=O) groups is 1. The number of aromatic nitrogens is 1. The van der Waals surface area contributed by atoms with Crippen LogP contribution < -0.4 is 0 Å². The summed E-state index contributed by atoms with van der Waals surface area (Å²) in [6.45, 7) is 2.86. The summed E-state index contributed by atoms with van der Waals surface area (Å²) in [7, 11) is 0. The van der Waals surface area contributed by atoms with Crippen LogP contribution in [0, 0.1) is 0 Å². The number of likely N-dealkylation sites (tertiary alicyclic amines) is 1. The Morgan fingerprint density at radius 1 is 1.38 bits per heavy atom. The van der Waals surface area contributed by atoms with Crippen LogP contribution in [0.1, 0.15) is 42.6 Å². The van der Waals surface area contributed by atoms with Crippen LogP contribution in [0.3, 0.4) is 0 Å². The Bertz CT molecular complexity index is 718. The molecule has 1 aliphatic rings. The molecule has 1 saturated heterocycles. The van der Waals surface area contributed by atoms with Crippen molar-refractivity contribution >= 4 is 21.9 Å². The number of carboxylic acid groups (broad SMARTS) is 1. The Labute approximate surface area is 150 Å². The lowest BCUT2D eigenvalue weighted by Gasteiger charge is -2.31. The summed E-state index contributed by atoms with van der Waals surface area (Å²) in [6.07, 6.45) is 4.41. The van der Waals surface area contributed by atoms with Gasteiger partial charge in [-0.3, -0.25) is 14.7 Å². The zero-order valence-electron chi connectivity index (χ0n) is 13.7. The average molecular weight is 389 g/mol. The molecule has 0 saturated carbocycles. The predicted molar refractivity (Wildman–Crippen MR) is 97.0 cm³/mol. The first-order valence-corrected chi connectivity index (χ1v) is 9.09. The second-order valence-corrected chi connectivity index (χ2v) is 6.96. The van der Waals surface area contributed by atoms with Crippen LogP contribution in [0.25, 0.3) is 0 Å². The van der Waals surface area contributed by atoms with Gasteiger partial charge in [-0.15, -0.1) is 0 Å². The molecule has 126 valence electrons. The van der Waals surface area contributed by atoms with E-state index in [1.807, 2.05) is 36.5 Å². The Morgan fingerprint density at radius 3 is 2.79 bits per heavy atom. The molecule has 3 rings (SSSR count). The third kappa shape index (κ3) is 3.37. The van der Waals surface area contributed by atoms with Gasteiger partial charge >= 0.3 is 5.97 Å². The molecular weight excluding hydrogens is 368 g/mol. The van der Waals surface area contributed by atoms with Crippen LogP contribution in [-0.4, -0.2) is 33.5 Å². The van der Waals surface area contributed by atoms with E-state index in [2.05, 4.69) is 38.8 Å². The van der Waals surface area contributed by atoms with Gasteiger partial charge in [0.25, 0.3) is 0 Å². The second-order valence-electron chi connectivity index (χ2n) is 6.10. The van der Waals surface area contributed by atoms with Gasteiger partial charge in [-0.2, -0.15) is 0 Å². The van der Waals surface area contributed by atoms with E-state index in [9.17, 15) is 9.90 Å². The van der Waals surface area contributed by atoms with Crippen LogP contribution in [0.4, 0.5) is 0 Å². The van der Waals surface area contributed by atoms with Crippen molar-refractivity contribution in [2.45, 2.75) is 38.3 Å². The number of pyridine rings is 1.